The zero-order valence-electron chi connectivity index (χ0n) is 8.26. The van der Waals surface area contributed by atoms with Crippen molar-refractivity contribution in [3.8, 4) is 5.88 Å². The molecule has 0 atom stereocenters. The highest BCUT2D eigenvalue weighted by atomic mass is 16.5. The molecule has 2 aromatic heterocycles. The summed E-state index contributed by atoms with van der Waals surface area (Å²) in [6.45, 7) is 1.20. The third-order valence-corrected chi connectivity index (χ3v) is 1.90. The molecule has 0 fully saturated rings. The molecule has 0 unspecified atom stereocenters. The first-order valence-electron chi connectivity index (χ1n) is 4.81. The van der Waals surface area contributed by atoms with E-state index in [0.717, 1.165) is 11.9 Å². The van der Waals surface area contributed by atoms with E-state index in [0.29, 0.717) is 24.7 Å². The van der Waals surface area contributed by atoms with Crippen molar-refractivity contribution in [2.24, 2.45) is 5.73 Å². The van der Waals surface area contributed by atoms with E-state index >= 15 is 0 Å². The highest BCUT2D eigenvalue weighted by Crippen LogP contribution is 2.11. The fourth-order valence-electron chi connectivity index (χ4n) is 1.18. The summed E-state index contributed by atoms with van der Waals surface area (Å²) < 4.78 is 5.40. The Morgan fingerprint density at radius 2 is 2.07 bits per heavy atom. The van der Waals surface area contributed by atoms with Crippen LogP contribution in [-0.4, -0.2) is 28.1 Å². The largest absolute Gasteiger partial charge is 0.478 e. The van der Waals surface area contributed by atoms with Crippen LogP contribution in [0.15, 0.2) is 24.5 Å². The zero-order chi connectivity index (χ0) is 10.5. The van der Waals surface area contributed by atoms with Crippen LogP contribution in [0.1, 0.15) is 6.42 Å². The van der Waals surface area contributed by atoms with Crippen molar-refractivity contribution in [3.05, 3.63) is 24.5 Å². The molecule has 0 spiro atoms. The van der Waals surface area contributed by atoms with Crippen molar-refractivity contribution in [2.75, 3.05) is 13.2 Å². The Bertz CT molecular complexity index is 446. The normalized spacial score (nSPS) is 10.5. The maximum absolute atomic E-state index is 5.40. The first kappa shape index (κ1) is 9.79. The SMILES string of the molecule is NCCCOc1ccc2nccnc2n1. The molecule has 2 aromatic rings. The number of ether oxygens (including phenoxy) is 1. The standard InChI is InChI=1S/C10H12N4O/c11-4-1-7-15-9-3-2-8-10(14-9)13-6-5-12-8/h2-3,5-6H,1,4,7,11H2. The number of aromatic nitrogens is 3. The lowest BCUT2D eigenvalue weighted by atomic mass is 10.4. The Morgan fingerprint density at radius 3 is 2.93 bits per heavy atom. The lowest BCUT2D eigenvalue weighted by molar-refractivity contribution is 0.302. The second-order valence-electron chi connectivity index (χ2n) is 3.04. The van der Waals surface area contributed by atoms with E-state index < -0.39 is 0 Å². The summed E-state index contributed by atoms with van der Waals surface area (Å²) in [6.07, 6.45) is 4.07. The van der Waals surface area contributed by atoms with Crippen LogP contribution in [0.4, 0.5) is 0 Å². The van der Waals surface area contributed by atoms with Crippen molar-refractivity contribution in [2.45, 2.75) is 6.42 Å². The smallest absolute Gasteiger partial charge is 0.215 e. The van der Waals surface area contributed by atoms with Crippen LogP contribution in [0.5, 0.6) is 5.88 Å². The van der Waals surface area contributed by atoms with E-state index in [9.17, 15) is 0 Å². The second kappa shape index (κ2) is 4.65. The number of hydrogen-bond donors (Lipinski definition) is 1. The van der Waals surface area contributed by atoms with Gasteiger partial charge in [-0.2, -0.15) is 4.98 Å². The minimum Gasteiger partial charge on any atom is -0.478 e. The molecule has 5 nitrogen and oxygen atoms in total. The highest BCUT2D eigenvalue weighted by molar-refractivity contribution is 5.69. The lowest BCUT2D eigenvalue weighted by Crippen LogP contribution is -2.06. The van der Waals surface area contributed by atoms with Crippen LogP contribution >= 0.6 is 0 Å². The number of hydrogen-bond acceptors (Lipinski definition) is 5. The van der Waals surface area contributed by atoms with Gasteiger partial charge in [0.25, 0.3) is 0 Å². The summed E-state index contributed by atoms with van der Waals surface area (Å²) in [5.41, 5.74) is 6.73. The van der Waals surface area contributed by atoms with Gasteiger partial charge in [-0.15, -0.1) is 0 Å². The molecular weight excluding hydrogens is 192 g/mol. The molecule has 15 heavy (non-hydrogen) atoms. The lowest BCUT2D eigenvalue weighted by Gasteiger charge is -2.03. The summed E-state index contributed by atoms with van der Waals surface area (Å²) in [6, 6.07) is 3.63. The molecule has 0 radical (unpaired) electrons. The van der Waals surface area contributed by atoms with Crippen LogP contribution in [0, 0.1) is 0 Å². The average Bonchev–Trinajstić information content (AvgIpc) is 2.29. The Kier molecular flexibility index (Phi) is 3.04. The maximum Gasteiger partial charge on any atom is 0.215 e. The van der Waals surface area contributed by atoms with Gasteiger partial charge in [0.05, 0.1) is 6.61 Å². The minimum absolute atomic E-state index is 0.566. The Hall–Kier alpha value is -1.75. The summed E-state index contributed by atoms with van der Waals surface area (Å²) in [4.78, 5) is 12.4. The topological polar surface area (TPSA) is 73.9 Å². The third-order valence-electron chi connectivity index (χ3n) is 1.90. The van der Waals surface area contributed by atoms with Gasteiger partial charge in [-0.3, -0.25) is 4.98 Å². The van der Waals surface area contributed by atoms with Gasteiger partial charge in [0, 0.05) is 18.5 Å². The summed E-state index contributed by atoms with van der Waals surface area (Å²) >= 11 is 0. The van der Waals surface area contributed by atoms with Gasteiger partial charge < -0.3 is 10.5 Å². The van der Waals surface area contributed by atoms with Gasteiger partial charge in [-0.1, -0.05) is 0 Å². The molecule has 0 aliphatic rings. The Balaban J connectivity index is 2.16. The summed E-state index contributed by atoms with van der Waals surface area (Å²) in [7, 11) is 0. The molecule has 2 rings (SSSR count). The molecule has 2 heterocycles. The predicted molar refractivity (Wildman–Crippen MR) is 56.5 cm³/mol. The summed E-state index contributed by atoms with van der Waals surface area (Å²) in [5.74, 6) is 0.566. The highest BCUT2D eigenvalue weighted by Gasteiger charge is 1.99. The maximum atomic E-state index is 5.40. The van der Waals surface area contributed by atoms with Crippen LogP contribution in [0.2, 0.25) is 0 Å². The van der Waals surface area contributed by atoms with Gasteiger partial charge >= 0.3 is 0 Å². The van der Waals surface area contributed by atoms with E-state index in [-0.39, 0.29) is 0 Å². The molecule has 0 aliphatic carbocycles. The second-order valence-corrected chi connectivity index (χ2v) is 3.04. The van der Waals surface area contributed by atoms with Crippen LogP contribution in [-0.2, 0) is 0 Å². The molecule has 5 heteroatoms. The van der Waals surface area contributed by atoms with Crippen molar-refractivity contribution in [3.63, 3.8) is 0 Å². The van der Waals surface area contributed by atoms with Crippen molar-refractivity contribution < 1.29 is 4.74 Å². The van der Waals surface area contributed by atoms with Gasteiger partial charge in [0.1, 0.15) is 5.52 Å². The predicted octanol–water partition coefficient (Wildman–Crippen LogP) is 0.752. The molecular formula is C10H12N4O. The fraction of sp³-hybridized carbons (Fsp3) is 0.300. The van der Waals surface area contributed by atoms with Crippen molar-refractivity contribution in [1.29, 1.82) is 0 Å². The van der Waals surface area contributed by atoms with E-state index in [4.69, 9.17) is 10.5 Å². The first-order valence-corrected chi connectivity index (χ1v) is 4.81. The zero-order valence-corrected chi connectivity index (χ0v) is 8.26. The average molecular weight is 204 g/mol. The minimum atomic E-state index is 0.566. The van der Waals surface area contributed by atoms with Gasteiger partial charge in [-0.25, -0.2) is 4.98 Å². The molecule has 0 amide bonds. The third kappa shape index (κ3) is 2.38. The number of nitrogens with two attached hydrogens (primary N) is 1. The number of nitrogens with zero attached hydrogens (tertiary/aromatic N) is 3. The van der Waals surface area contributed by atoms with Gasteiger partial charge in [-0.05, 0) is 19.0 Å². The monoisotopic (exact) mass is 204 g/mol. The number of pyridine rings is 1. The van der Waals surface area contributed by atoms with E-state index in [2.05, 4.69) is 15.0 Å². The first-order chi connectivity index (χ1) is 7.40. The summed E-state index contributed by atoms with van der Waals surface area (Å²) in [5, 5.41) is 0. The molecule has 0 saturated heterocycles. The van der Waals surface area contributed by atoms with Crippen LogP contribution in [0.25, 0.3) is 11.2 Å². The van der Waals surface area contributed by atoms with Crippen molar-refractivity contribution >= 4 is 11.2 Å². The van der Waals surface area contributed by atoms with Crippen LogP contribution in [0.3, 0.4) is 0 Å². The molecule has 2 N–H and O–H groups in total. The molecule has 0 bridgehead atoms. The van der Waals surface area contributed by atoms with Crippen LogP contribution < -0.4 is 10.5 Å². The van der Waals surface area contributed by atoms with Gasteiger partial charge in [0.15, 0.2) is 5.65 Å². The number of rotatable bonds is 4. The molecule has 0 aromatic carbocycles. The van der Waals surface area contributed by atoms with E-state index in [1.54, 1.807) is 18.5 Å². The molecule has 78 valence electrons. The molecule has 0 aliphatic heterocycles. The van der Waals surface area contributed by atoms with Gasteiger partial charge in [0.2, 0.25) is 5.88 Å². The molecule has 0 saturated carbocycles. The Labute approximate surface area is 87.3 Å². The van der Waals surface area contributed by atoms with E-state index in [1.165, 1.54) is 0 Å². The van der Waals surface area contributed by atoms with E-state index in [1.807, 2.05) is 6.07 Å². The van der Waals surface area contributed by atoms with Crippen molar-refractivity contribution in [1.82, 2.24) is 15.0 Å². The quantitative estimate of drug-likeness (QED) is 0.744. The Morgan fingerprint density at radius 1 is 1.20 bits per heavy atom. The fourth-order valence-corrected chi connectivity index (χ4v) is 1.18. The number of fused-ring (bicyclic) bond motifs is 1.